The van der Waals surface area contributed by atoms with E-state index >= 15 is 0 Å². The monoisotopic (exact) mass is 175 g/mol. The normalized spacial score (nSPS) is 35.3. The van der Waals surface area contributed by atoms with Gasteiger partial charge in [-0.2, -0.15) is 0 Å². The molecule has 12 heavy (non-hydrogen) atoms. The van der Waals surface area contributed by atoms with Crippen molar-refractivity contribution < 1.29 is 19.0 Å². The molecule has 1 aliphatic rings. The highest BCUT2D eigenvalue weighted by Crippen LogP contribution is 2.30. The van der Waals surface area contributed by atoms with Crippen LogP contribution in [0.15, 0.2) is 0 Å². The Morgan fingerprint density at radius 2 is 2.33 bits per heavy atom. The number of rotatable bonds is 3. The van der Waals surface area contributed by atoms with E-state index in [4.69, 9.17) is 19.9 Å². The predicted molar refractivity (Wildman–Crippen MR) is 40.1 cm³/mol. The topological polar surface area (TPSA) is 70.8 Å². The fourth-order valence-electron chi connectivity index (χ4n) is 1.24. The van der Waals surface area contributed by atoms with E-state index in [0.29, 0.717) is 12.8 Å². The third kappa shape index (κ3) is 1.43. The van der Waals surface area contributed by atoms with Crippen LogP contribution >= 0.6 is 0 Å². The van der Waals surface area contributed by atoms with Gasteiger partial charge in [0.1, 0.15) is 0 Å². The van der Waals surface area contributed by atoms with Crippen LogP contribution in [0.4, 0.5) is 0 Å². The van der Waals surface area contributed by atoms with Gasteiger partial charge in [-0.25, -0.2) is 0 Å². The van der Waals surface area contributed by atoms with Crippen LogP contribution in [0.2, 0.25) is 0 Å². The van der Waals surface area contributed by atoms with Crippen molar-refractivity contribution in [3.63, 3.8) is 0 Å². The van der Waals surface area contributed by atoms with Gasteiger partial charge in [0.15, 0.2) is 6.29 Å². The van der Waals surface area contributed by atoms with Crippen molar-refractivity contribution in [3.05, 3.63) is 0 Å². The molecule has 1 amide bonds. The van der Waals surface area contributed by atoms with Gasteiger partial charge in [0.2, 0.25) is 0 Å². The standard InChI is InChI=1S/C7H13NO4/c1-10-5-3-4-7(11-2,12-5)6(8)9/h5H,3-4H2,1-2H3,(H2,8,9)/t5-,7+/m0/s1. The molecule has 1 heterocycles. The maximum Gasteiger partial charge on any atom is 0.277 e. The first-order valence-electron chi connectivity index (χ1n) is 3.70. The minimum absolute atomic E-state index is 0.391. The number of nitrogens with two attached hydrogens (primary N) is 1. The second-order valence-electron chi connectivity index (χ2n) is 2.64. The van der Waals surface area contributed by atoms with Crippen LogP contribution in [0.25, 0.3) is 0 Å². The Balaban J connectivity index is 2.66. The molecule has 5 heteroatoms. The van der Waals surface area contributed by atoms with Crippen molar-refractivity contribution in [2.45, 2.75) is 24.9 Å². The summed E-state index contributed by atoms with van der Waals surface area (Å²) in [5, 5.41) is 0. The highest BCUT2D eigenvalue weighted by molar-refractivity contribution is 5.82. The molecule has 1 rings (SSSR count). The van der Waals surface area contributed by atoms with Crippen LogP contribution in [0.5, 0.6) is 0 Å². The third-order valence-electron chi connectivity index (χ3n) is 2.00. The fraction of sp³-hybridized carbons (Fsp3) is 0.857. The van der Waals surface area contributed by atoms with E-state index in [1.165, 1.54) is 14.2 Å². The largest absolute Gasteiger partial charge is 0.365 e. The number of carbonyl (C=O) groups is 1. The average molecular weight is 175 g/mol. The summed E-state index contributed by atoms with van der Waals surface area (Å²) in [5.74, 6) is -1.88. The zero-order chi connectivity index (χ0) is 9.19. The summed E-state index contributed by atoms with van der Waals surface area (Å²) in [6.07, 6.45) is 0.669. The number of ether oxygens (including phenoxy) is 3. The number of primary amides is 1. The molecule has 2 N–H and O–H groups in total. The Kier molecular flexibility index (Phi) is 2.66. The summed E-state index contributed by atoms with van der Waals surface area (Å²) in [6, 6.07) is 0. The van der Waals surface area contributed by atoms with Gasteiger partial charge in [-0.3, -0.25) is 4.79 Å². The smallest absolute Gasteiger partial charge is 0.277 e. The molecule has 70 valence electrons. The van der Waals surface area contributed by atoms with Gasteiger partial charge in [-0.05, 0) is 0 Å². The summed E-state index contributed by atoms with van der Waals surface area (Å²) in [7, 11) is 2.90. The van der Waals surface area contributed by atoms with E-state index < -0.39 is 18.0 Å². The molecule has 0 saturated carbocycles. The summed E-state index contributed by atoms with van der Waals surface area (Å²) in [5.41, 5.74) is 5.12. The molecule has 1 fully saturated rings. The average Bonchev–Trinajstić information content (AvgIpc) is 2.48. The van der Waals surface area contributed by atoms with Gasteiger partial charge in [-0.15, -0.1) is 0 Å². The first kappa shape index (κ1) is 9.44. The molecule has 1 aliphatic heterocycles. The van der Waals surface area contributed by atoms with E-state index in [-0.39, 0.29) is 0 Å². The maximum absolute atomic E-state index is 10.9. The summed E-state index contributed by atoms with van der Waals surface area (Å²) in [4.78, 5) is 10.9. The van der Waals surface area contributed by atoms with Crippen LogP contribution in [0.1, 0.15) is 12.8 Å². The zero-order valence-corrected chi connectivity index (χ0v) is 7.20. The second kappa shape index (κ2) is 3.38. The lowest BCUT2D eigenvalue weighted by Gasteiger charge is -2.23. The number of carbonyl (C=O) groups excluding carboxylic acids is 1. The van der Waals surface area contributed by atoms with Gasteiger partial charge < -0.3 is 19.9 Å². The molecule has 0 aliphatic carbocycles. The van der Waals surface area contributed by atoms with E-state index in [1.807, 2.05) is 0 Å². The molecular weight excluding hydrogens is 162 g/mol. The number of hydrogen-bond acceptors (Lipinski definition) is 4. The first-order chi connectivity index (χ1) is 5.64. The molecule has 2 atom stereocenters. The number of amides is 1. The highest BCUT2D eigenvalue weighted by atomic mass is 16.8. The van der Waals surface area contributed by atoms with Crippen LogP contribution in [-0.4, -0.2) is 32.2 Å². The minimum atomic E-state index is -1.28. The third-order valence-corrected chi connectivity index (χ3v) is 2.00. The minimum Gasteiger partial charge on any atom is -0.365 e. The predicted octanol–water partition coefficient (Wildman–Crippen LogP) is -0.403. The second-order valence-corrected chi connectivity index (χ2v) is 2.64. The maximum atomic E-state index is 10.9. The Labute approximate surface area is 70.8 Å². The first-order valence-corrected chi connectivity index (χ1v) is 3.70. The molecule has 0 radical (unpaired) electrons. The molecule has 0 bridgehead atoms. The molecule has 1 saturated heterocycles. The van der Waals surface area contributed by atoms with Crippen molar-refractivity contribution in [2.75, 3.05) is 14.2 Å². The highest BCUT2D eigenvalue weighted by Gasteiger charge is 2.46. The fourth-order valence-corrected chi connectivity index (χ4v) is 1.24. The Morgan fingerprint density at radius 3 is 2.58 bits per heavy atom. The van der Waals surface area contributed by atoms with Gasteiger partial charge in [-0.1, -0.05) is 0 Å². The Morgan fingerprint density at radius 1 is 1.67 bits per heavy atom. The van der Waals surface area contributed by atoms with E-state index in [9.17, 15) is 4.79 Å². The van der Waals surface area contributed by atoms with Crippen molar-refractivity contribution >= 4 is 5.91 Å². The summed E-state index contributed by atoms with van der Waals surface area (Å²) < 4.78 is 15.0. The van der Waals surface area contributed by atoms with E-state index in [2.05, 4.69) is 0 Å². The number of hydrogen-bond donors (Lipinski definition) is 1. The Hall–Kier alpha value is -0.650. The quantitative estimate of drug-likeness (QED) is 0.633. The van der Waals surface area contributed by atoms with Crippen LogP contribution in [0.3, 0.4) is 0 Å². The summed E-state index contributed by atoms with van der Waals surface area (Å²) in [6.45, 7) is 0. The van der Waals surface area contributed by atoms with Crippen LogP contribution < -0.4 is 5.73 Å². The lowest BCUT2D eigenvalue weighted by Crippen LogP contribution is -2.45. The van der Waals surface area contributed by atoms with Crippen molar-refractivity contribution in [2.24, 2.45) is 5.73 Å². The molecule has 5 nitrogen and oxygen atoms in total. The van der Waals surface area contributed by atoms with Crippen molar-refractivity contribution in [1.29, 1.82) is 0 Å². The zero-order valence-electron chi connectivity index (χ0n) is 7.20. The van der Waals surface area contributed by atoms with Gasteiger partial charge in [0.05, 0.1) is 0 Å². The molecule has 0 spiro atoms. The molecule has 0 unspecified atom stereocenters. The van der Waals surface area contributed by atoms with Gasteiger partial charge in [0, 0.05) is 27.1 Å². The lowest BCUT2D eigenvalue weighted by atomic mass is 10.2. The van der Waals surface area contributed by atoms with Gasteiger partial charge >= 0.3 is 0 Å². The van der Waals surface area contributed by atoms with Crippen LogP contribution in [-0.2, 0) is 19.0 Å². The van der Waals surface area contributed by atoms with Crippen molar-refractivity contribution in [3.8, 4) is 0 Å². The van der Waals surface area contributed by atoms with E-state index in [1.54, 1.807) is 0 Å². The SMILES string of the molecule is CO[C@@H]1CC[C@](OC)(C(N)=O)O1. The Bertz CT molecular complexity index is 184. The van der Waals surface area contributed by atoms with E-state index in [0.717, 1.165) is 0 Å². The van der Waals surface area contributed by atoms with Crippen molar-refractivity contribution in [1.82, 2.24) is 0 Å². The van der Waals surface area contributed by atoms with Crippen LogP contribution in [0, 0.1) is 0 Å². The molecule has 0 aromatic carbocycles. The lowest BCUT2D eigenvalue weighted by molar-refractivity contribution is -0.245. The number of methoxy groups -OCH3 is 2. The van der Waals surface area contributed by atoms with Gasteiger partial charge in [0.25, 0.3) is 11.7 Å². The summed E-state index contributed by atoms with van der Waals surface area (Å²) >= 11 is 0. The molecule has 0 aromatic heterocycles. The molecule has 0 aromatic rings. The molecular formula is C7H13NO4.